The first-order chi connectivity index (χ1) is 11.0. The molecule has 0 unspecified atom stereocenters. The molecule has 0 atom stereocenters. The molecule has 23 heavy (non-hydrogen) atoms. The molecule has 2 rings (SSSR count). The summed E-state index contributed by atoms with van der Waals surface area (Å²) in [5.74, 6) is 2.66. The van der Waals surface area contributed by atoms with E-state index in [4.69, 9.17) is 14.5 Å². The highest BCUT2D eigenvalue weighted by Crippen LogP contribution is 2.30. The number of rotatable bonds is 5. The molecule has 5 nitrogen and oxygen atoms in total. The molecule has 0 heterocycles. The van der Waals surface area contributed by atoms with E-state index in [1.165, 1.54) is 12.8 Å². The van der Waals surface area contributed by atoms with E-state index in [9.17, 15) is 0 Å². The van der Waals surface area contributed by atoms with E-state index in [1.54, 1.807) is 7.11 Å². The predicted octanol–water partition coefficient (Wildman–Crippen LogP) is 3.00. The van der Waals surface area contributed by atoms with E-state index < -0.39 is 0 Å². The van der Waals surface area contributed by atoms with Crippen molar-refractivity contribution in [3.8, 4) is 11.5 Å². The largest absolute Gasteiger partial charge is 0.497 e. The minimum Gasteiger partial charge on any atom is -0.497 e. The lowest BCUT2D eigenvalue weighted by Crippen LogP contribution is -2.35. The molecule has 0 aliphatic heterocycles. The third-order valence-electron chi connectivity index (χ3n) is 4.06. The lowest BCUT2D eigenvalue weighted by molar-refractivity contribution is 0.207. The minimum absolute atomic E-state index is 0.326. The summed E-state index contributed by atoms with van der Waals surface area (Å²) < 4.78 is 11.6. The SMILES string of the molecule is COc1ccc(CN=C(N(C)C)N(C)C)c(OC2CCCC2)c1. The van der Waals surface area contributed by atoms with E-state index in [0.29, 0.717) is 12.6 Å². The third-order valence-corrected chi connectivity index (χ3v) is 4.06. The zero-order valence-electron chi connectivity index (χ0n) is 15.0. The van der Waals surface area contributed by atoms with Crippen LogP contribution in [0.2, 0.25) is 0 Å². The second-order valence-electron chi connectivity index (χ2n) is 6.40. The van der Waals surface area contributed by atoms with Crippen LogP contribution in [0, 0.1) is 0 Å². The lowest BCUT2D eigenvalue weighted by atomic mass is 10.2. The van der Waals surface area contributed by atoms with Gasteiger partial charge < -0.3 is 19.3 Å². The second kappa shape index (κ2) is 8.09. The van der Waals surface area contributed by atoms with Crippen molar-refractivity contribution in [3.63, 3.8) is 0 Å². The zero-order valence-corrected chi connectivity index (χ0v) is 15.0. The molecule has 1 aromatic rings. The molecule has 1 saturated carbocycles. The number of guanidine groups is 1. The number of nitrogens with zero attached hydrogens (tertiary/aromatic N) is 3. The van der Waals surface area contributed by atoms with Crippen LogP contribution in [0.25, 0.3) is 0 Å². The molecule has 0 bridgehead atoms. The Balaban J connectivity index is 2.20. The van der Waals surface area contributed by atoms with Crippen LogP contribution in [0.15, 0.2) is 23.2 Å². The van der Waals surface area contributed by atoms with Crippen LogP contribution in [0.5, 0.6) is 11.5 Å². The van der Waals surface area contributed by atoms with Crippen molar-refractivity contribution in [2.75, 3.05) is 35.3 Å². The molecule has 1 aliphatic rings. The average Bonchev–Trinajstić information content (AvgIpc) is 3.01. The molecule has 1 fully saturated rings. The summed E-state index contributed by atoms with van der Waals surface area (Å²) in [6.07, 6.45) is 5.12. The fourth-order valence-electron chi connectivity index (χ4n) is 2.93. The van der Waals surface area contributed by atoms with E-state index in [2.05, 4.69) is 6.07 Å². The van der Waals surface area contributed by atoms with Gasteiger partial charge in [0.2, 0.25) is 0 Å². The van der Waals surface area contributed by atoms with E-state index >= 15 is 0 Å². The fourth-order valence-corrected chi connectivity index (χ4v) is 2.93. The molecule has 0 amide bonds. The van der Waals surface area contributed by atoms with E-state index in [0.717, 1.165) is 35.9 Å². The molecule has 128 valence electrons. The van der Waals surface area contributed by atoms with Gasteiger partial charge in [-0.25, -0.2) is 4.99 Å². The average molecular weight is 319 g/mol. The smallest absolute Gasteiger partial charge is 0.195 e. The number of hydrogen-bond donors (Lipinski definition) is 0. The number of methoxy groups -OCH3 is 1. The maximum Gasteiger partial charge on any atom is 0.195 e. The number of hydrogen-bond acceptors (Lipinski definition) is 3. The van der Waals surface area contributed by atoms with Crippen LogP contribution in [0.1, 0.15) is 31.2 Å². The molecule has 0 saturated heterocycles. The molecule has 0 N–H and O–H groups in total. The Morgan fingerprint density at radius 1 is 1.13 bits per heavy atom. The van der Waals surface area contributed by atoms with Crippen LogP contribution >= 0.6 is 0 Å². The summed E-state index contributed by atoms with van der Waals surface area (Å²) in [7, 11) is 9.69. The summed E-state index contributed by atoms with van der Waals surface area (Å²) >= 11 is 0. The summed E-state index contributed by atoms with van der Waals surface area (Å²) in [6, 6.07) is 6.00. The Hall–Kier alpha value is -1.91. The number of ether oxygens (including phenoxy) is 2. The topological polar surface area (TPSA) is 37.3 Å². The van der Waals surface area contributed by atoms with Crippen molar-refractivity contribution in [2.24, 2.45) is 4.99 Å². The number of aliphatic imine (C=N–C) groups is 1. The van der Waals surface area contributed by atoms with Gasteiger partial charge in [0.25, 0.3) is 0 Å². The standard InChI is InChI=1S/C18H29N3O2/c1-20(2)18(21(3)4)19-13-14-10-11-16(22-5)12-17(14)23-15-8-6-7-9-15/h10-12,15H,6-9,13H2,1-5H3. The minimum atomic E-state index is 0.326. The Bertz CT molecular complexity index is 525. The van der Waals surface area contributed by atoms with Gasteiger partial charge in [0, 0.05) is 39.8 Å². The predicted molar refractivity (Wildman–Crippen MR) is 94.4 cm³/mol. The molecular formula is C18H29N3O2. The van der Waals surface area contributed by atoms with Gasteiger partial charge in [-0.15, -0.1) is 0 Å². The summed E-state index contributed by atoms with van der Waals surface area (Å²) in [4.78, 5) is 8.76. The van der Waals surface area contributed by atoms with Crippen LogP contribution in [0.4, 0.5) is 0 Å². The van der Waals surface area contributed by atoms with Crippen molar-refractivity contribution in [1.82, 2.24) is 9.80 Å². The van der Waals surface area contributed by atoms with Gasteiger partial charge in [0.15, 0.2) is 5.96 Å². The molecule has 0 aromatic heterocycles. The first-order valence-corrected chi connectivity index (χ1v) is 8.24. The van der Waals surface area contributed by atoms with Gasteiger partial charge in [-0.3, -0.25) is 0 Å². The molecule has 0 spiro atoms. The van der Waals surface area contributed by atoms with Crippen LogP contribution in [-0.4, -0.2) is 57.2 Å². The molecule has 1 aromatic carbocycles. The van der Waals surface area contributed by atoms with E-state index in [-0.39, 0.29) is 0 Å². The van der Waals surface area contributed by atoms with Gasteiger partial charge in [-0.1, -0.05) is 0 Å². The Morgan fingerprint density at radius 2 is 1.78 bits per heavy atom. The number of benzene rings is 1. The Labute approximate surface area is 139 Å². The van der Waals surface area contributed by atoms with Gasteiger partial charge in [-0.05, 0) is 37.8 Å². The van der Waals surface area contributed by atoms with E-state index in [1.807, 2.05) is 50.1 Å². The van der Waals surface area contributed by atoms with Crippen molar-refractivity contribution in [3.05, 3.63) is 23.8 Å². The van der Waals surface area contributed by atoms with Crippen molar-refractivity contribution in [1.29, 1.82) is 0 Å². The van der Waals surface area contributed by atoms with Crippen LogP contribution in [-0.2, 0) is 6.54 Å². The first-order valence-electron chi connectivity index (χ1n) is 8.24. The van der Waals surface area contributed by atoms with Crippen molar-refractivity contribution < 1.29 is 9.47 Å². The summed E-state index contributed by atoms with van der Waals surface area (Å²) in [5, 5.41) is 0. The quantitative estimate of drug-likeness (QED) is 0.617. The first kappa shape index (κ1) is 17.4. The highest BCUT2D eigenvalue weighted by molar-refractivity contribution is 5.79. The monoisotopic (exact) mass is 319 g/mol. The van der Waals surface area contributed by atoms with Gasteiger partial charge >= 0.3 is 0 Å². The van der Waals surface area contributed by atoms with Crippen LogP contribution in [0.3, 0.4) is 0 Å². The molecule has 5 heteroatoms. The van der Waals surface area contributed by atoms with Crippen molar-refractivity contribution >= 4 is 5.96 Å². The zero-order chi connectivity index (χ0) is 16.8. The van der Waals surface area contributed by atoms with Crippen molar-refractivity contribution in [2.45, 2.75) is 38.3 Å². The normalized spacial score (nSPS) is 14.5. The van der Waals surface area contributed by atoms with Gasteiger partial charge in [0.05, 0.1) is 19.8 Å². The summed E-state index contributed by atoms with van der Waals surface area (Å²) in [5.41, 5.74) is 1.10. The fraction of sp³-hybridized carbons (Fsp3) is 0.611. The molecule has 1 aliphatic carbocycles. The third kappa shape index (κ3) is 4.78. The molecule has 0 radical (unpaired) electrons. The highest BCUT2D eigenvalue weighted by atomic mass is 16.5. The lowest BCUT2D eigenvalue weighted by Gasteiger charge is -2.23. The second-order valence-corrected chi connectivity index (χ2v) is 6.40. The maximum atomic E-state index is 6.23. The Kier molecular flexibility index (Phi) is 6.13. The van der Waals surface area contributed by atoms with Gasteiger partial charge in [0.1, 0.15) is 11.5 Å². The van der Waals surface area contributed by atoms with Crippen LogP contribution < -0.4 is 9.47 Å². The molecular weight excluding hydrogens is 290 g/mol. The highest BCUT2D eigenvalue weighted by Gasteiger charge is 2.18. The van der Waals surface area contributed by atoms with Gasteiger partial charge in [-0.2, -0.15) is 0 Å². The maximum absolute atomic E-state index is 6.23. The Morgan fingerprint density at radius 3 is 2.35 bits per heavy atom. The summed E-state index contributed by atoms with van der Waals surface area (Å²) in [6.45, 7) is 0.595.